The van der Waals surface area contributed by atoms with Crippen molar-refractivity contribution in [3.05, 3.63) is 33.9 Å². The number of rotatable bonds is 4. The summed E-state index contributed by atoms with van der Waals surface area (Å²) in [4.78, 5) is 9.89. The van der Waals surface area contributed by atoms with E-state index in [2.05, 4.69) is 0 Å². The monoisotopic (exact) mass is 247 g/mol. The van der Waals surface area contributed by atoms with Gasteiger partial charge in [-0.15, -0.1) is 12.4 Å². The van der Waals surface area contributed by atoms with Crippen LogP contribution < -0.4 is 11.5 Å². The van der Waals surface area contributed by atoms with Crippen LogP contribution in [0.1, 0.15) is 18.0 Å². The third-order valence-corrected chi connectivity index (χ3v) is 2.10. The molecule has 5 N–H and O–H groups in total. The first-order valence-electron chi connectivity index (χ1n) is 4.49. The van der Waals surface area contributed by atoms with Gasteiger partial charge >= 0.3 is 5.69 Å². The predicted molar refractivity (Wildman–Crippen MR) is 62.6 cm³/mol. The van der Waals surface area contributed by atoms with E-state index in [-0.39, 0.29) is 29.9 Å². The van der Waals surface area contributed by atoms with Gasteiger partial charge in [0.25, 0.3) is 0 Å². The highest BCUT2D eigenvalue weighted by Gasteiger charge is 2.16. The Kier molecular flexibility index (Phi) is 5.73. The molecule has 1 aromatic rings. The van der Waals surface area contributed by atoms with Crippen molar-refractivity contribution in [1.82, 2.24) is 0 Å². The SMILES string of the molecule is Cl.NCC[C@H](N)c1ccc(O)c([N+](=O)[O-])c1. The number of nitrogens with zero attached hydrogens (tertiary/aromatic N) is 1. The summed E-state index contributed by atoms with van der Waals surface area (Å²) < 4.78 is 0. The molecule has 0 bridgehead atoms. The van der Waals surface area contributed by atoms with Crippen molar-refractivity contribution in [2.45, 2.75) is 12.5 Å². The Morgan fingerprint density at radius 3 is 2.62 bits per heavy atom. The van der Waals surface area contributed by atoms with Crippen LogP contribution in [0.25, 0.3) is 0 Å². The van der Waals surface area contributed by atoms with Gasteiger partial charge in [0.15, 0.2) is 5.75 Å². The molecule has 0 aromatic heterocycles. The van der Waals surface area contributed by atoms with E-state index >= 15 is 0 Å². The number of nitro groups is 1. The lowest BCUT2D eigenvalue weighted by Crippen LogP contribution is -2.15. The molecule has 0 heterocycles. The number of phenols is 1. The smallest absolute Gasteiger partial charge is 0.311 e. The van der Waals surface area contributed by atoms with E-state index < -0.39 is 4.92 Å². The van der Waals surface area contributed by atoms with Gasteiger partial charge in [-0.25, -0.2) is 0 Å². The highest BCUT2D eigenvalue weighted by Crippen LogP contribution is 2.28. The highest BCUT2D eigenvalue weighted by atomic mass is 35.5. The zero-order valence-corrected chi connectivity index (χ0v) is 9.31. The standard InChI is InChI=1S/C9H13N3O3.ClH/c10-4-3-7(11)6-1-2-9(13)8(5-6)12(14)15;/h1-2,5,7,13H,3-4,10-11H2;1H/t7-;/m0./s1. The lowest BCUT2D eigenvalue weighted by atomic mass is 10.0. The Labute approximate surface area is 98.8 Å². The van der Waals surface area contributed by atoms with Crippen LogP contribution in [0.3, 0.4) is 0 Å². The molecule has 1 atom stereocenters. The number of halogens is 1. The van der Waals surface area contributed by atoms with Gasteiger partial charge in [-0.05, 0) is 24.6 Å². The van der Waals surface area contributed by atoms with E-state index in [4.69, 9.17) is 11.5 Å². The lowest BCUT2D eigenvalue weighted by Gasteiger charge is -2.10. The Hall–Kier alpha value is -1.37. The van der Waals surface area contributed by atoms with Gasteiger partial charge in [-0.1, -0.05) is 6.07 Å². The van der Waals surface area contributed by atoms with Gasteiger partial charge in [0.1, 0.15) is 0 Å². The van der Waals surface area contributed by atoms with Crippen LogP contribution in [-0.2, 0) is 0 Å². The predicted octanol–water partition coefficient (Wildman–Crippen LogP) is 1.07. The minimum atomic E-state index is -0.645. The van der Waals surface area contributed by atoms with E-state index in [0.29, 0.717) is 18.5 Å². The van der Waals surface area contributed by atoms with Gasteiger partial charge in [0.2, 0.25) is 0 Å². The molecule has 0 saturated carbocycles. The fraction of sp³-hybridized carbons (Fsp3) is 0.333. The molecule has 90 valence electrons. The molecule has 16 heavy (non-hydrogen) atoms. The third kappa shape index (κ3) is 3.34. The number of benzene rings is 1. The maximum Gasteiger partial charge on any atom is 0.311 e. The van der Waals surface area contributed by atoms with Gasteiger partial charge in [0.05, 0.1) is 4.92 Å². The van der Waals surface area contributed by atoms with E-state index in [1.54, 1.807) is 6.07 Å². The molecule has 0 saturated heterocycles. The maximum atomic E-state index is 10.5. The summed E-state index contributed by atoms with van der Waals surface area (Å²) in [7, 11) is 0. The van der Waals surface area contributed by atoms with Crippen LogP contribution in [0.5, 0.6) is 5.75 Å². The van der Waals surface area contributed by atoms with Crippen molar-refractivity contribution in [3.63, 3.8) is 0 Å². The van der Waals surface area contributed by atoms with Crippen molar-refractivity contribution in [1.29, 1.82) is 0 Å². The van der Waals surface area contributed by atoms with Crippen LogP contribution in [0, 0.1) is 10.1 Å². The fourth-order valence-electron chi connectivity index (χ4n) is 1.26. The normalized spacial score (nSPS) is 11.6. The quantitative estimate of drug-likeness (QED) is 0.544. The molecule has 1 aromatic carbocycles. The second kappa shape index (κ2) is 6.26. The van der Waals surface area contributed by atoms with E-state index in [1.165, 1.54) is 12.1 Å². The van der Waals surface area contributed by atoms with Gasteiger partial charge in [-0.3, -0.25) is 10.1 Å². The second-order valence-electron chi connectivity index (χ2n) is 3.19. The summed E-state index contributed by atoms with van der Waals surface area (Å²) in [6.45, 7) is 0.413. The minimum Gasteiger partial charge on any atom is -0.502 e. The Balaban J connectivity index is 0.00000225. The van der Waals surface area contributed by atoms with Crippen molar-refractivity contribution < 1.29 is 10.0 Å². The first-order valence-corrected chi connectivity index (χ1v) is 4.49. The summed E-state index contributed by atoms with van der Waals surface area (Å²) in [6.07, 6.45) is 0.544. The lowest BCUT2D eigenvalue weighted by molar-refractivity contribution is -0.385. The molecule has 0 radical (unpaired) electrons. The average molecular weight is 248 g/mol. The van der Waals surface area contributed by atoms with Crippen molar-refractivity contribution in [2.24, 2.45) is 11.5 Å². The van der Waals surface area contributed by atoms with Gasteiger partial charge in [0, 0.05) is 12.1 Å². The minimum absolute atomic E-state index is 0. The Morgan fingerprint density at radius 2 is 2.12 bits per heavy atom. The number of nitrogens with two attached hydrogens (primary N) is 2. The number of nitro benzene ring substituents is 1. The highest BCUT2D eigenvalue weighted by molar-refractivity contribution is 5.85. The molecule has 6 nitrogen and oxygen atoms in total. The number of aromatic hydroxyl groups is 1. The molecule has 0 aliphatic carbocycles. The molecule has 0 unspecified atom stereocenters. The molecular weight excluding hydrogens is 234 g/mol. The first kappa shape index (κ1) is 14.6. The summed E-state index contributed by atoms with van der Waals surface area (Å²) in [5, 5.41) is 19.7. The molecule has 0 spiro atoms. The van der Waals surface area contributed by atoms with Crippen LogP contribution in [0.2, 0.25) is 0 Å². The number of hydrogen-bond acceptors (Lipinski definition) is 5. The van der Waals surface area contributed by atoms with Crippen molar-refractivity contribution in [3.8, 4) is 5.75 Å². The Bertz CT molecular complexity index is 373. The molecular formula is C9H14ClN3O3. The van der Waals surface area contributed by atoms with Crippen molar-refractivity contribution in [2.75, 3.05) is 6.54 Å². The largest absolute Gasteiger partial charge is 0.502 e. The summed E-state index contributed by atoms with van der Waals surface area (Å²) >= 11 is 0. The van der Waals surface area contributed by atoms with Crippen LogP contribution in [-0.4, -0.2) is 16.6 Å². The zero-order chi connectivity index (χ0) is 11.4. The zero-order valence-electron chi connectivity index (χ0n) is 8.50. The molecule has 0 aliphatic rings. The maximum absolute atomic E-state index is 10.5. The molecule has 7 heteroatoms. The average Bonchev–Trinajstić information content (AvgIpc) is 2.18. The van der Waals surface area contributed by atoms with E-state index in [1.807, 2.05) is 0 Å². The van der Waals surface area contributed by atoms with Gasteiger partial charge in [-0.2, -0.15) is 0 Å². The molecule has 0 amide bonds. The van der Waals surface area contributed by atoms with E-state index in [0.717, 1.165) is 0 Å². The number of hydrogen-bond donors (Lipinski definition) is 3. The molecule has 0 aliphatic heterocycles. The summed E-state index contributed by atoms with van der Waals surface area (Å²) in [5.74, 6) is -0.358. The topological polar surface area (TPSA) is 115 Å². The molecule has 1 rings (SSSR count). The van der Waals surface area contributed by atoms with Crippen molar-refractivity contribution >= 4 is 18.1 Å². The van der Waals surface area contributed by atoms with Crippen LogP contribution in [0.15, 0.2) is 18.2 Å². The van der Waals surface area contributed by atoms with E-state index in [9.17, 15) is 15.2 Å². The van der Waals surface area contributed by atoms with Crippen LogP contribution in [0.4, 0.5) is 5.69 Å². The summed E-state index contributed by atoms with van der Waals surface area (Å²) in [5.41, 5.74) is 11.3. The Morgan fingerprint density at radius 1 is 1.50 bits per heavy atom. The van der Waals surface area contributed by atoms with Gasteiger partial charge < -0.3 is 16.6 Å². The first-order chi connectivity index (χ1) is 7.06. The number of phenolic OH excluding ortho intramolecular Hbond substituents is 1. The second-order valence-corrected chi connectivity index (χ2v) is 3.19. The fourth-order valence-corrected chi connectivity index (χ4v) is 1.26. The third-order valence-electron chi connectivity index (χ3n) is 2.10. The van der Waals surface area contributed by atoms with Crippen LogP contribution >= 0.6 is 12.4 Å². The summed E-state index contributed by atoms with van der Waals surface area (Å²) in [6, 6.07) is 3.76. The molecule has 0 fully saturated rings.